The Morgan fingerprint density at radius 2 is 1.77 bits per heavy atom. The minimum Gasteiger partial charge on any atom is -0.490 e. The number of para-hydroxylation sites is 1. The highest BCUT2D eigenvalue weighted by Crippen LogP contribution is 2.44. The minimum atomic E-state index is -0.631. The van der Waals surface area contributed by atoms with Crippen LogP contribution in [0.5, 0.6) is 11.5 Å². The Morgan fingerprint density at radius 3 is 2.51 bits per heavy atom. The number of nitrogens with one attached hydrogen (secondary N) is 2. The molecule has 1 unspecified atom stereocenters. The molecule has 0 radical (unpaired) electrons. The van der Waals surface area contributed by atoms with Crippen molar-refractivity contribution in [1.29, 1.82) is 0 Å². The number of fused-ring (bicyclic) bond motifs is 1. The first-order valence-corrected chi connectivity index (χ1v) is 17.8. The summed E-state index contributed by atoms with van der Waals surface area (Å²) >= 11 is 15.1. The van der Waals surface area contributed by atoms with Gasteiger partial charge in [-0.2, -0.15) is 4.98 Å². The van der Waals surface area contributed by atoms with E-state index in [1.54, 1.807) is 4.68 Å². The van der Waals surface area contributed by atoms with E-state index in [0.29, 0.717) is 68.0 Å². The fourth-order valence-electron chi connectivity index (χ4n) is 5.16. The van der Waals surface area contributed by atoms with Crippen molar-refractivity contribution in [3.63, 3.8) is 0 Å². The Labute approximate surface area is 299 Å². The zero-order valence-electron chi connectivity index (χ0n) is 25.5. The van der Waals surface area contributed by atoms with Crippen molar-refractivity contribution < 1.29 is 14.3 Å². The van der Waals surface area contributed by atoms with Gasteiger partial charge in [0.05, 0.1) is 16.7 Å². The Bertz CT molecular complexity index is 1940. The van der Waals surface area contributed by atoms with Crippen LogP contribution in [0.4, 0.5) is 11.6 Å². The molecular formula is C35H30Br2ClN5O3S. The van der Waals surface area contributed by atoms with E-state index in [1.165, 1.54) is 11.8 Å². The van der Waals surface area contributed by atoms with Gasteiger partial charge in [-0.05, 0) is 88.9 Å². The van der Waals surface area contributed by atoms with Gasteiger partial charge in [0.1, 0.15) is 12.6 Å². The molecule has 1 amide bonds. The number of hydrogen-bond acceptors (Lipinski definition) is 7. The van der Waals surface area contributed by atoms with Gasteiger partial charge < -0.3 is 20.1 Å². The first-order chi connectivity index (χ1) is 22.8. The number of carbonyl (C=O) groups excluding carboxylic acids is 1. The molecule has 4 aromatic carbocycles. The first kappa shape index (κ1) is 33.1. The fraction of sp³-hybridized carbons (Fsp3) is 0.171. The monoisotopic (exact) mass is 793 g/mol. The second kappa shape index (κ2) is 15.0. The third-order valence-corrected chi connectivity index (χ3v) is 9.74. The highest BCUT2D eigenvalue weighted by atomic mass is 79.9. The summed E-state index contributed by atoms with van der Waals surface area (Å²) < 4.78 is 15.8. The van der Waals surface area contributed by atoms with E-state index in [0.717, 1.165) is 21.2 Å². The van der Waals surface area contributed by atoms with Crippen LogP contribution in [0.25, 0.3) is 0 Å². The number of aromatic nitrogens is 3. The summed E-state index contributed by atoms with van der Waals surface area (Å²) in [7, 11) is 0. The van der Waals surface area contributed by atoms with Gasteiger partial charge in [0, 0.05) is 26.6 Å². The SMILES string of the molecule is CCOc1cc(C2C(C(=O)Nc3ccccc3)=C(C)Nc3nc(SCc4ccccc4Cl)nn32)cc(Br)c1OCc1ccc(Br)cc1. The predicted molar refractivity (Wildman–Crippen MR) is 194 cm³/mol. The lowest BCUT2D eigenvalue weighted by Crippen LogP contribution is -2.31. The molecule has 1 atom stereocenters. The molecule has 0 aliphatic carbocycles. The fourth-order valence-corrected chi connectivity index (χ4v) is 7.11. The lowest BCUT2D eigenvalue weighted by Gasteiger charge is -2.29. The number of benzene rings is 4. The average molecular weight is 796 g/mol. The lowest BCUT2D eigenvalue weighted by molar-refractivity contribution is -0.113. The zero-order chi connectivity index (χ0) is 32.9. The number of ether oxygens (including phenoxy) is 2. The van der Waals surface area contributed by atoms with Gasteiger partial charge in [-0.25, -0.2) is 4.68 Å². The predicted octanol–water partition coefficient (Wildman–Crippen LogP) is 9.65. The highest BCUT2D eigenvalue weighted by Gasteiger charge is 2.35. The number of allylic oxidation sites excluding steroid dienone is 1. The number of anilines is 2. The highest BCUT2D eigenvalue weighted by molar-refractivity contribution is 9.10. The van der Waals surface area contributed by atoms with Gasteiger partial charge >= 0.3 is 0 Å². The van der Waals surface area contributed by atoms with Crippen LogP contribution in [0, 0.1) is 0 Å². The quantitative estimate of drug-likeness (QED) is 0.129. The second-order valence-corrected chi connectivity index (χ2v) is 13.7. The molecule has 0 saturated carbocycles. The van der Waals surface area contributed by atoms with Crippen molar-refractivity contribution in [3.8, 4) is 11.5 Å². The van der Waals surface area contributed by atoms with Gasteiger partial charge in [-0.3, -0.25) is 4.79 Å². The normalized spacial score (nSPS) is 13.9. The van der Waals surface area contributed by atoms with Crippen molar-refractivity contribution in [2.45, 2.75) is 37.4 Å². The number of amides is 1. The molecular weight excluding hydrogens is 766 g/mol. The van der Waals surface area contributed by atoms with Crippen LogP contribution in [0.2, 0.25) is 5.02 Å². The summed E-state index contributed by atoms with van der Waals surface area (Å²) in [5, 5.41) is 12.5. The van der Waals surface area contributed by atoms with E-state index in [1.807, 2.05) is 105 Å². The van der Waals surface area contributed by atoms with Crippen molar-refractivity contribution in [2.24, 2.45) is 0 Å². The Hall–Kier alpha value is -3.77. The van der Waals surface area contributed by atoms with Crippen molar-refractivity contribution >= 4 is 72.8 Å². The van der Waals surface area contributed by atoms with Crippen LogP contribution in [0.1, 0.15) is 36.6 Å². The summed E-state index contributed by atoms with van der Waals surface area (Å²) in [6.07, 6.45) is 0. The number of thioether (sulfide) groups is 1. The molecule has 8 nitrogen and oxygen atoms in total. The molecule has 0 fully saturated rings. The maximum Gasteiger partial charge on any atom is 0.255 e. The topological polar surface area (TPSA) is 90.3 Å². The molecule has 2 N–H and O–H groups in total. The molecule has 12 heteroatoms. The molecule has 47 heavy (non-hydrogen) atoms. The van der Waals surface area contributed by atoms with Crippen molar-refractivity contribution in [1.82, 2.24) is 14.8 Å². The molecule has 0 spiro atoms. The van der Waals surface area contributed by atoms with E-state index < -0.39 is 6.04 Å². The van der Waals surface area contributed by atoms with Crippen LogP contribution in [0.15, 0.2) is 116 Å². The molecule has 6 rings (SSSR count). The molecule has 1 aliphatic rings. The standard InChI is InChI=1S/C35H30Br2ClN5O3S/c1-3-45-29-18-24(17-27(37)32(29)46-19-22-13-15-25(36)16-14-22)31-30(33(44)40-26-10-5-4-6-11-26)21(2)39-34-41-35(42-43(31)34)47-20-23-9-7-8-12-28(23)38/h4-18,31H,3,19-20H2,1-2H3,(H,40,44)(H,39,41,42). The first-order valence-electron chi connectivity index (χ1n) is 14.8. The molecule has 240 valence electrons. The van der Waals surface area contributed by atoms with Gasteiger partial charge in [-0.1, -0.05) is 87.8 Å². The summed E-state index contributed by atoms with van der Waals surface area (Å²) in [5.41, 5.74) is 4.60. The van der Waals surface area contributed by atoms with E-state index in [9.17, 15) is 4.79 Å². The Balaban J connectivity index is 1.38. The summed E-state index contributed by atoms with van der Waals surface area (Å²) in [6, 6.07) is 28.3. The number of nitrogens with zero attached hydrogens (tertiary/aromatic N) is 3. The molecule has 0 bridgehead atoms. The summed E-state index contributed by atoms with van der Waals surface area (Å²) in [4.78, 5) is 18.8. The molecule has 0 saturated heterocycles. The third kappa shape index (κ3) is 7.70. The van der Waals surface area contributed by atoms with Gasteiger partial charge in [0.25, 0.3) is 5.91 Å². The van der Waals surface area contributed by atoms with Crippen LogP contribution < -0.4 is 20.1 Å². The Morgan fingerprint density at radius 1 is 1.02 bits per heavy atom. The lowest BCUT2D eigenvalue weighted by atomic mass is 9.94. The number of rotatable bonds is 11. The van der Waals surface area contributed by atoms with Crippen LogP contribution in [-0.4, -0.2) is 27.3 Å². The maximum atomic E-state index is 14.0. The van der Waals surface area contributed by atoms with Crippen molar-refractivity contribution in [3.05, 3.63) is 133 Å². The third-order valence-electron chi connectivity index (χ3n) is 7.37. The van der Waals surface area contributed by atoms with E-state index in [-0.39, 0.29) is 5.91 Å². The molecule has 1 aliphatic heterocycles. The largest absolute Gasteiger partial charge is 0.490 e. The Kier molecular flexibility index (Phi) is 10.6. The van der Waals surface area contributed by atoms with E-state index in [4.69, 9.17) is 31.2 Å². The summed E-state index contributed by atoms with van der Waals surface area (Å²) in [6.45, 7) is 4.56. The van der Waals surface area contributed by atoms with Crippen LogP contribution >= 0.6 is 55.2 Å². The van der Waals surface area contributed by atoms with Gasteiger partial charge in [0.2, 0.25) is 11.1 Å². The summed E-state index contributed by atoms with van der Waals surface area (Å²) in [5.74, 6) is 1.96. The number of carbonyl (C=O) groups is 1. The minimum absolute atomic E-state index is 0.262. The van der Waals surface area contributed by atoms with E-state index >= 15 is 0 Å². The molecule has 5 aromatic rings. The smallest absolute Gasteiger partial charge is 0.255 e. The zero-order valence-corrected chi connectivity index (χ0v) is 30.2. The number of halogens is 3. The van der Waals surface area contributed by atoms with Gasteiger partial charge in [0.15, 0.2) is 11.5 Å². The molecule has 1 aromatic heterocycles. The maximum absolute atomic E-state index is 14.0. The van der Waals surface area contributed by atoms with Gasteiger partial charge in [-0.15, -0.1) is 5.10 Å². The van der Waals surface area contributed by atoms with Crippen LogP contribution in [0.3, 0.4) is 0 Å². The number of hydrogen-bond donors (Lipinski definition) is 2. The molecule has 2 heterocycles. The van der Waals surface area contributed by atoms with E-state index in [2.05, 4.69) is 42.5 Å². The van der Waals surface area contributed by atoms with Crippen molar-refractivity contribution in [2.75, 3.05) is 17.2 Å². The van der Waals surface area contributed by atoms with Crippen LogP contribution in [-0.2, 0) is 17.2 Å². The second-order valence-electron chi connectivity index (χ2n) is 10.6. The average Bonchev–Trinajstić information content (AvgIpc) is 3.47.